The predicted molar refractivity (Wildman–Crippen MR) is 74.7 cm³/mol. The first-order valence-corrected chi connectivity index (χ1v) is 6.26. The number of nitrogens with zero attached hydrogens (tertiary/aromatic N) is 3. The van der Waals surface area contributed by atoms with Gasteiger partial charge in [0.2, 0.25) is 5.91 Å². The van der Waals surface area contributed by atoms with Crippen molar-refractivity contribution in [3.8, 4) is 0 Å². The van der Waals surface area contributed by atoms with E-state index in [1.807, 2.05) is 12.1 Å². The predicted octanol–water partition coefficient (Wildman–Crippen LogP) is 0.965. The molecule has 0 aliphatic carbocycles. The standard InChI is InChI=1S/C13H14N4O4/c18-8-6-10-1-3-11(4-2-10)14-13(19)9-16-7-5-12(15-16)17(20)21/h1-5,7,18H,6,8-9H2,(H,14,19). The van der Waals surface area contributed by atoms with Crippen LogP contribution in [0.25, 0.3) is 0 Å². The lowest BCUT2D eigenvalue weighted by atomic mass is 10.1. The van der Waals surface area contributed by atoms with Crippen LogP contribution >= 0.6 is 0 Å². The van der Waals surface area contributed by atoms with E-state index in [1.54, 1.807) is 12.1 Å². The van der Waals surface area contributed by atoms with Gasteiger partial charge in [-0.3, -0.25) is 4.79 Å². The number of carbonyl (C=O) groups is 1. The maximum Gasteiger partial charge on any atom is 0.389 e. The molecule has 0 saturated carbocycles. The summed E-state index contributed by atoms with van der Waals surface area (Å²) in [5.41, 5.74) is 1.58. The second-order valence-electron chi connectivity index (χ2n) is 4.35. The molecule has 0 unspecified atom stereocenters. The summed E-state index contributed by atoms with van der Waals surface area (Å²) in [6.45, 7) is -0.0317. The smallest absolute Gasteiger partial charge is 0.389 e. The minimum atomic E-state index is -0.617. The molecule has 2 rings (SSSR count). The van der Waals surface area contributed by atoms with Gasteiger partial charge in [-0.1, -0.05) is 12.1 Å². The van der Waals surface area contributed by atoms with Crippen LogP contribution < -0.4 is 5.32 Å². The molecule has 1 amide bonds. The third-order valence-electron chi connectivity index (χ3n) is 2.76. The third-order valence-corrected chi connectivity index (χ3v) is 2.76. The van der Waals surface area contributed by atoms with E-state index in [-0.39, 0.29) is 24.9 Å². The second kappa shape index (κ2) is 6.62. The molecule has 8 nitrogen and oxygen atoms in total. The molecule has 2 N–H and O–H groups in total. The number of rotatable bonds is 6. The molecule has 1 aromatic carbocycles. The fraction of sp³-hybridized carbons (Fsp3) is 0.231. The summed E-state index contributed by atoms with van der Waals surface area (Å²) in [7, 11) is 0. The summed E-state index contributed by atoms with van der Waals surface area (Å²) < 4.78 is 1.20. The molecule has 8 heteroatoms. The molecule has 0 spiro atoms. The number of nitro groups is 1. The van der Waals surface area contributed by atoms with Crippen LogP contribution in [0.2, 0.25) is 0 Å². The number of benzene rings is 1. The number of anilines is 1. The molecule has 0 atom stereocenters. The van der Waals surface area contributed by atoms with E-state index >= 15 is 0 Å². The Kier molecular flexibility index (Phi) is 4.62. The zero-order valence-electron chi connectivity index (χ0n) is 11.1. The molecular weight excluding hydrogens is 276 g/mol. The van der Waals surface area contributed by atoms with Crippen molar-refractivity contribution >= 4 is 17.4 Å². The number of aliphatic hydroxyl groups excluding tert-OH is 1. The number of nitrogens with one attached hydrogen (secondary N) is 1. The first-order chi connectivity index (χ1) is 10.1. The summed E-state index contributed by atoms with van der Waals surface area (Å²) in [6.07, 6.45) is 1.94. The maximum absolute atomic E-state index is 11.8. The van der Waals surface area contributed by atoms with Gasteiger partial charge in [0.05, 0.1) is 17.4 Å². The Balaban J connectivity index is 1.92. The fourth-order valence-corrected chi connectivity index (χ4v) is 1.77. The first kappa shape index (κ1) is 14.7. The van der Waals surface area contributed by atoms with E-state index in [9.17, 15) is 14.9 Å². The zero-order valence-corrected chi connectivity index (χ0v) is 11.1. The number of carbonyl (C=O) groups excluding carboxylic acids is 1. The van der Waals surface area contributed by atoms with Crippen molar-refractivity contribution in [2.45, 2.75) is 13.0 Å². The topological polar surface area (TPSA) is 110 Å². The van der Waals surface area contributed by atoms with E-state index in [0.717, 1.165) is 5.56 Å². The SMILES string of the molecule is O=C(Cn1ccc([N+](=O)[O-])n1)Nc1ccc(CCO)cc1. The Morgan fingerprint density at radius 3 is 2.62 bits per heavy atom. The van der Waals surface area contributed by atoms with E-state index in [0.29, 0.717) is 12.1 Å². The highest BCUT2D eigenvalue weighted by atomic mass is 16.6. The molecule has 1 heterocycles. The normalized spacial score (nSPS) is 10.3. The van der Waals surface area contributed by atoms with E-state index in [2.05, 4.69) is 10.4 Å². The van der Waals surface area contributed by atoms with E-state index in [4.69, 9.17) is 5.11 Å². The number of aromatic nitrogens is 2. The summed E-state index contributed by atoms with van der Waals surface area (Å²) in [4.78, 5) is 21.7. The van der Waals surface area contributed by atoms with Crippen molar-refractivity contribution in [3.05, 3.63) is 52.2 Å². The highest BCUT2D eigenvalue weighted by Gasteiger charge is 2.13. The number of hydrogen-bond donors (Lipinski definition) is 2. The molecule has 0 bridgehead atoms. The average Bonchev–Trinajstić information content (AvgIpc) is 2.90. The molecule has 0 radical (unpaired) electrons. The van der Waals surface area contributed by atoms with Crippen LogP contribution in [0, 0.1) is 10.1 Å². The van der Waals surface area contributed by atoms with Crippen molar-refractivity contribution in [1.82, 2.24) is 9.78 Å². The molecule has 2 aromatic rings. The van der Waals surface area contributed by atoms with Gasteiger partial charge in [-0.15, -0.1) is 0 Å². The Bertz CT molecular complexity index is 636. The lowest BCUT2D eigenvalue weighted by Crippen LogP contribution is -2.19. The minimum Gasteiger partial charge on any atom is -0.396 e. The third kappa shape index (κ3) is 4.11. The Labute approximate surface area is 120 Å². The fourth-order valence-electron chi connectivity index (χ4n) is 1.77. The van der Waals surface area contributed by atoms with E-state index < -0.39 is 4.92 Å². The minimum absolute atomic E-state index is 0.0732. The monoisotopic (exact) mass is 290 g/mol. The number of amides is 1. The first-order valence-electron chi connectivity index (χ1n) is 6.26. The largest absolute Gasteiger partial charge is 0.396 e. The van der Waals surface area contributed by atoms with Gasteiger partial charge in [0.15, 0.2) is 0 Å². The van der Waals surface area contributed by atoms with E-state index in [1.165, 1.54) is 16.9 Å². The summed E-state index contributed by atoms with van der Waals surface area (Å²) in [5, 5.41) is 25.6. The van der Waals surface area contributed by atoms with Crippen molar-refractivity contribution in [2.75, 3.05) is 11.9 Å². The van der Waals surface area contributed by atoms with Gasteiger partial charge in [-0.25, -0.2) is 0 Å². The van der Waals surface area contributed by atoms with Gasteiger partial charge in [0.1, 0.15) is 6.54 Å². The number of aliphatic hydroxyl groups is 1. The van der Waals surface area contributed by atoms with Crippen LogP contribution in [0.15, 0.2) is 36.5 Å². The van der Waals surface area contributed by atoms with Gasteiger partial charge < -0.3 is 20.5 Å². The van der Waals surface area contributed by atoms with Gasteiger partial charge in [-0.05, 0) is 29.0 Å². The van der Waals surface area contributed by atoms with Crippen molar-refractivity contribution in [2.24, 2.45) is 0 Å². The lowest BCUT2D eigenvalue weighted by Gasteiger charge is -2.05. The summed E-state index contributed by atoms with van der Waals surface area (Å²) in [5.74, 6) is -0.626. The highest BCUT2D eigenvalue weighted by Crippen LogP contribution is 2.10. The molecule has 1 aromatic heterocycles. The van der Waals surface area contributed by atoms with Gasteiger partial charge in [0, 0.05) is 12.3 Å². The number of hydrogen-bond acceptors (Lipinski definition) is 5. The molecule has 0 fully saturated rings. The van der Waals surface area contributed by atoms with Crippen LogP contribution in [0.4, 0.5) is 11.5 Å². The molecular formula is C13H14N4O4. The Morgan fingerprint density at radius 2 is 2.05 bits per heavy atom. The Morgan fingerprint density at radius 1 is 1.33 bits per heavy atom. The molecule has 0 aliphatic rings. The maximum atomic E-state index is 11.8. The zero-order chi connectivity index (χ0) is 15.2. The van der Waals surface area contributed by atoms with Crippen LogP contribution in [0.1, 0.15) is 5.56 Å². The van der Waals surface area contributed by atoms with Crippen LogP contribution in [-0.4, -0.2) is 32.3 Å². The Hall–Kier alpha value is -2.74. The average molecular weight is 290 g/mol. The van der Waals surface area contributed by atoms with Crippen molar-refractivity contribution in [3.63, 3.8) is 0 Å². The molecule has 21 heavy (non-hydrogen) atoms. The van der Waals surface area contributed by atoms with Gasteiger partial charge >= 0.3 is 5.82 Å². The quantitative estimate of drug-likeness (QED) is 0.608. The van der Waals surface area contributed by atoms with Crippen LogP contribution in [0.3, 0.4) is 0 Å². The van der Waals surface area contributed by atoms with Gasteiger partial charge in [0.25, 0.3) is 0 Å². The highest BCUT2D eigenvalue weighted by molar-refractivity contribution is 5.90. The van der Waals surface area contributed by atoms with Crippen molar-refractivity contribution in [1.29, 1.82) is 0 Å². The van der Waals surface area contributed by atoms with Crippen LogP contribution in [0.5, 0.6) is 0 Å². The molecule has 110 valence electrons. The molecule has 0 aliphatic heterocycles. The van der Waals surface area contributed by atoms with Crippen molar-refractivity contribution < 1.29 is 14.8 Å². The lowest BCUT2D eigenvalue weighted by molar-refractivity contribution is -0.389. The molecule has 0 saturated heterocycles. The van der Waals surface area contributed by atoms with Gasteiger partial charge in [-0.2, -0.15) is 4.68 Å². The second-order valence-corrected chi connectivity index (χ2v) is 4.35. The van der Waals surface area contributed by atoms with Crippen LogP contribution in [-0.2, 0) is 17.8 Å². The summed E-state index contributed by atoms with van der Waals surface area (Å²) >= 11 is 0. The summed E-state index contributed by atoms with van der Waals surface area (Å²) in [6, 6.07) is 8.31.